The highest BCUT2D eigenvalue weighted by atomic mass is 19.4. The molecular formula is C46H26F6N2O2. The first-order chi connectivity index (χ1) is 26.9. The molecule has 0 N–H and O–H groups in total. The van der Waals surface area contributed by atoms with Crippen LogP contribution in [0.15, 0.2) is 158 Å². The zero-order valence-electron chi connectivity index (χ0n) is 29.0. The summed E-state index contributed by atoms with van der Waals surface area (Å²) in [5.74, 6) is -1.06. The maximum absolute atomic E-state index is 14.8. The van der Waals surface area contributed by atoms with E-state index in [0.717, 1.165) is 16.7 Å². The van der Waals surface area contributed by atoms with Gasteiger partial charge >= 0.3 is 12.4 Å². The lowest BCUT2D eigenvalue weighted by molar-refractivity contribution is -0.143. The molecule has 7 aromatic carbocycles. The number of anilines is 1. The zero-order valence-corrected chi connectivity index (χ0v) is 29.0. The van der Waals surface area contributed by atoms with Gasteiger partial charge in [-0.05, 0) is 82.4 Å². The highest BCUT2D eigenvalue weighted by molar-refractivity contribution is 6.36. The Labute approximate surface area is 315 Å². The first-order valence-corrected chi connectivity index (χ1v) is 17.5. The quantitative estimate of drug-likeness (QED) is 0.130. The summed E-state index contributed by atoms with van der Waals surface area (Å²) in [5, 5.41) is 1.16. The Balaban J connectivity index is 1.22. The van der Waals surface area contributed by atoms with Gasteiger partial charge in [0.15, 0.2) is 0 Å². The van der Waals surface area contributed by atoms with Gasteiger partial charge in [-0.25, -0.2) is 4.90 Å². The van der Waals surface area contributed by atoms with Crippen molar-refractivity contribution in [1.29, 1.82) is 0 Å². The van der Waals surface area contributed by atoms with Crippen molar-refractivity contribution < 1.29 is 35.9 Å². The lowest BCUT2D eigenvalue weighted by Crippen LogP contribution is -2.30. The average molecular weight is 753 g/mol. The van der Waals surface area contributed by atoms with Gasteiger partial charge in [0.25, 0.3) is 11.8 Å². The van der Waals surface area contributed by atoms with E-state index < -0.39 is 35.3 Å². The van der Waals surface area contributed by atoms with Crippen LogP contribution in [-0.4, -0.2) is 16.4 Å². The van der Waals surface area contributed by atoms with Crippen molar-refractivity contribution in [2.24, 2.45) is 0 Å². The van der Waals surface area contributed by atoms with Crippen molar-refractivity contribution >= 4 is 39.3 Å². The predicted molar refractivity (Wildman–Crippen MR) is 205 cm³/mol. The molecule has 0 spiro atoms. The Hall–Kier alpha value is -6.94. The molecule has 1 aromatic heterocycles. The van der Waals surface area contributed by atoms with Crippen LogP contribution < -0.4 is 4.90 Å². The van der Waals surface area contributed by atoms with E-state index in [1.165, 1.54) is 11.0 Å². The molecule has 0 unspecified atom stereocenters. The maximum atomic E-state index is 14.8. The third-order valence-corrected chi connectivity index (χ3v) is 10.2. The lowest BCUT2D eigenvalue weighted by Gasteiger charge is -2.22. The molecule has 8 aromatic rings. The summed E-state index contributed by atoms with van der Waals surface area (Å²) in [6, 6.07) is 42.9. The number of alkyl halides is 6. The molecule has 2 heterocycles. The molecule has 1 aliphatic rings. The summed E-state index contributed by atoms with van der Waals surface area (Å²) in [7, 11) is 0. The third-order valence-electron chi connectivity index (χ3n) is 10.2. The number of imide groups is 1. The fraction of sp³-hybridized carbons (Fsp3) is 0.0435. The van der Waals surface area contributed by atoms with E-state index in [4.69, 9.17) is 0 Å². The molecule has 0 fully saturated rings. The van der Waals surface area contributed by atoms with E-state index in [0.29, 0.717) is 50.9 Å². The van der Waals surface area contributed by atoms with Gasteiger partial charge in [-0.2, -0.15) is 26.3 Å². The van der Waals surface area contributed by atoms with Gasteiger partial charge in [0.2, 0.25) is 0 Å². The lowest BCUT2D eigenvalue weighted by atomic mass is 9.92. The van der Waals surface area contributed by atoms with Gasteiger partial charge in [0.05, 0.1) is 44.7 Å². The molecule has 4 nitrogen and oxygen atoms in total. The number of aromatic nitrogens is 1. The number of benzene rings is 7. The van der Waals surface area contributed by atoms with E-state index in [-0.39, 0.29) is 28.3 Å². The number of amides is 2. The molecule has 10 heteroatoms. The van der Waals surface area contributed by atoms with E-state index in [2.05, 4.69) is 0 Å². The van der Waals surface area contributed by atoms with Crippen LogP contribution in [0.3, 0.4) is 0 Å². The Morgan fingerprint density at radius 3 is 1.62 bits per heavy atom. The van der Waals surface area contributed by atoms with Crippen LogP contribution in [0.5, 0.6) is 0 Å². The fourth-order valence-electron chi connectivity index (χ4n) is 7.70. The van der Waals surface area contributed by atoms with Gasteiger partial charge in [-0.15, -0.1) is 0 Å². The summed E-state index contributed by atoms with van der Waals surface area (Å²) < 4.78 is 84.5. The number of rotatable bonds is 5. The monoisotopic (exact) mass is 752 g/mol. The number of hydrogen-bond acceptors (Lipinski definition) is 2. The molecule has 274 valence electrons. The molecule has 56 heavy (non-hydrogen) atoms. The summed E-state index contributed by atoms with van der Waals surface area (Å²) in [6.45, 7) is 0. The normalized spacial score (nSPS) is 13.2. The minimum Gasteiger partial charge on any atom is -0.308 e. The molecule has 0 radical (unpaired) electrons. The first kappa shape index (κ1) is 34.8. The second-order valence-electron chi connectivity index (χ2n) is 13.5. The number of carbonyl (C=O) groups is 2. The molecule has 1 aliphatic heterocycles. The highest BCUT2D eigenvalue weighted by Crippen LogP contribution is 2.45. The van der Waals surface area contributed by atoms with Crippen LogP contribution in [0, 0.1) is 0 Å². The number of hydrogen-bond donors (Lipinski definition) is 0. The smallest absolute Gasteiger partial charge is 0.308 e. The van der Waals surface area contributed by atoms with E-state index in [1.54, 1.807) is 71.3 Å². The Bertz CT molecular complexity index is 2850. The second-order valence-corrected chi connectivity index (χ2v) is 13.5. The van der Waals surface area contributed by atoms with Gasteiger partial charge < -0.3 is 4.57 Å². The molecule has 0 saturated heterocycles. The Morgan fingerprint density at radius 2 is 0.964 bits per heavy atom. The number of fused-ring (bicyclic) bond motifs is 4. The number of nitrogens with zero attached hydrogens (tertiary/aromatic N) is 2. The van der Waals surface area contributed by atoms with Gasteiger partial charge in [0, 0.05) is 16.3 Å². The second kappa shape index (κ2) is 12.8. The Kier molecular flexibility index (Phi) is 7.98. The largest absolute Gasteiger partial charge is 0.416 e. The van der Waals surface area contributed by atoms with Crippen LogP contribution in [0.1, 0.15) is 31.8 Å². The van der Waals surface area contributed by atoms with Crippen LogP contribution in [0.2, 0.25) is 0 Å². The molecule has 0 saturated carbocycles. The Morgan fingerprint density at radius 1 is 0.393 bits per heavy atom. The molecule has 9 rings (SSSR count). The third kappa shape index (κ3) is 5.64. The minimum atomic E-state index is -5.01. The van der Waals surface area contributed by atoms with Gasteiger partial charge in [-0.1, -0.05) is 103 Å². The standard InChI is InChI=1S/C46H26F6N2O2/c47-45(48,49)31-23-30(24-32(26-31)46(50,51)52)29-21-22-38-36(25-29)34-15-7-8-18-37(34)53(38)40-20-10-17-35-42(40)44(56)54(43(35)55)39-19-9-16-33(27-11-3-1-4-12-27)41(39)28-13-5-2-6-14-28/h1-26H. The predicted octanol–water partition coefficient (Wildman–Crippen LogP) is 12.6. The van der Waals surface area contributed by atoms with E-state index in [1.807, 2.05) is 66.7 Å². The zero-order chi connectivity index (χ0) is 38.9. The van der Waals surface area contributed by atoms with Crippen LogP contribution in [0.4, 0.5) is 32.0 Å². The van der Waals surface area contributed by atoms with Crippen LogP contribution >= 0.6 is 0 Å². The van der Waals surface area contributed by atoms with Crippen molar-refractivity contribution in [2.75, 3.05) is 4.90 Å². The van der Waals surface area contributed by atoms with Gasteiger partial charge in [0.1, 0.15) is 0 Å². The van der Waals surface area contributed by atoms with Crippen LogP contribution in [0.25, 0.3) is 60.9 Å². The van der Waals surface area contributed by atoms with E-state index >= 15 is 0 Å². The molecule has 0 atom stereocenters. The average Bonchev–Trinajstić information content (AvgIpc) is 3.67. The summed E-state index contributed by atoms with van der Waals surface area (Å²) in [6.07, 6.45) is -10.0. The molecule has 2 amide bonds. The van der Waals surface area contributed by atoms with Crippen molar-refractivity contribution in [3.63, 3.8) is 0 Å². The molecular weight excluding hydrogens is 727 g/mol. The number of carbonyl (C=O) groups excluding carboxylic acids is 2. The van der Waals surface area contributed by atoms with Crippen molar-refractivity contribution in [3.8, 4) is 39.1 Å². The van der Waals surface area contributed by atoms with Crippen LogP contribution in [-0.2, 0) is 12.4 Å². The fourth-order valence-corrected chi connectivity index (χ4v) is 7.70. The SMILES string of the molecule is O=C1c2cccc(-n3c4ccccc4c4cc(-c5cc(C(F)(F)F)cc(C(F)(F)F)c5)ccc43)c2C(=O)N1c1cccc(-c2ccccc2)c1-c1ccccc1. The van der Waals surface area contributed by atoms with Crippen molar-refractivity contribution in [1.82, 2.24) is 4.57 Å². The molecule has 0 bridgehead atoms. The summed E-state index contributed by atoms with van der Waals surface area (Å²) >= 11 is 0. The topological polar surface area (TPSA) is 42.3 Å². The number of halogens is 6. The maximum Gasteiger partial charge on any atom is 0.416 e. The summed E-state index contributed by atoms with van der Waals surface area (Å²) in [5.41, 5.74) is 2.55. The van der Waals surface area contributed by atoms with Crippen molar-refractivity contribution in [2.45, 2.75) is 12.4 Å². The highest BCUT2D eigenvalue weighted by Gasteiger charge is 2.41. The van der Waals surface area contributed by atoms with E-state index in [9.17, 15) is 35.9 Å². The minimum absolute atomic E-state index is 0.103. The summed E-state index contributed by atoms with van der Waals surface area (Å²) in [4.78, 5) is 30.4. The first-order valence-electron chi connectivity index (χ1n) is 17.5. The number of para-hydroxylation sites is 1. The van der Waals surface area contributed by atoms with Crippen molar-refractivity contribution in [3.05, 3.63) is 180 Å². The molecule has 0 aliphatic carbocycles. The van der Waals surface area contributed by atoms with Gasteiger partial charge in [-0.3, -0.25) is 9.59 Å².